The van der Waals surface area contributed by atoms with Gasteiger partial charge in [0.15, 0.2) is 0 Å². The average Bonchev–Trinajstić information content (AvgIpc) is 2.73. The van der Waals surface area contributed by atoms with Gasteiger partial charge in [-0.05, 0) is 45.8 Å². The molecular weight excluding hydrogens is 421 g/mol. The first-order valence-electron chi connectivity index (χ1n) is 5.55. The van der Waals surface area contributed by atoms with Gasteiger partial charge in [0.1, 0.15) is 0 Å². The molecule has 0 spiro atoms. The summed E-state index contributed by atoms with van der Waals surface area (Å²) in [6.07, 6.45) is -5.13. The second kappa shape index (κ2) is 6.17. The van der Waals surface area contributed by atoms with E-state index < -0.39 is 17.8 Å². The Kier molecular flexibility index (Phi) is 4.94. The molecule has 0 aliphatic heterocycles. The molecule has 1 aromatic carbocycles. The van der Waals surface area contributed by atoms with Crippen LogP contribution in [0.5, 0.6) is 0 Å². The van der Waals surface area contributed by atoms with Gasteiger partial charge in [-0.2, -0.15) is 13.2 Å². The van der Waals surface area contributed by atoms with E-state index in [2.05, 4.69) is 31.9 Å². The summed E-state index contributed by atoms with van der Waals surface area (Å²) in [7, 11) is 0. The van der Waals surface area contributed by atoms with Crippen LogP contribution < -0.4 is 0 Å². The molecule has 0 aliphatic rings. The quantitative estimate of drug-likeness (QED) is 0.676. The summed E-state index contributed by atoms with van der Waals surface area (Å²) in [5.41, 5.74) is -0.522. The van der Waals surface area contributed by atoms with E-state index in [0.29, 0.717) is 4.47 Å². The number of alkyl halides is 3. The number of benzene rings is 1. The van der Waals surface area contributed by atoms with E-state index in [1.165, 1.54) is 17.4 Å². The fourth-order valence-electron chi connectivity index (χ4n) is 1.74. The molecule has 0 fully saturated rings. The molecule has 1 unspecified atom stereocenters. The molecule has 1 heterocycles. The van der Waals surface area contributed by atoms with Crippen molar-refractivity contribution in [1.29, 1.82) is 0 Å². The van der Waals surface area contributed by atoms with Crippen LogP contribution in [-0.2, 0) is 12.6 Å². The lowest BCUT2D eigenvalue weighted by atomic mass is 10.0. The molecule has 2 rings (SSSR count). The molecule has 1 aromatic heterocycles. The molecule has 0 saturated heterocycles. The summed E-state index contributed by atoms with van der Waals surface area (Å²) in [5, 5.41) is 12.0. The molecular formula is C13H9Br2F3OS. The van der Waals surface area contributed by atoms with Crippen LogP contribution in [0.25, 0.3) is 0 Å². The second-order valence-electron chi connectivity index (χ2n) is 4.19. The SMILES string of the molecule is OC(Cc1cc(Br)cs1)c1cc(C(F)(F)F)ccc1Br. The molecule has 108 valence electrons. The highest BCUT2D eigenvalue weighted by Crippen LogP contribution is 2.35. The highest BCUT2D eigenvalue weighted by atomic mass is 79.9. The maximum absolute atomic E-state index is 12.7. The zero-order valence-corrected chi connectivity index (χ0v) is 13.9. The number of aliphatic hydroxyl groups is 1. The van der Waals surface area contributed by atoms with Crippen molar-refractivity contribution in [3.8, 4) is 0 Å². The third kappa shape index (κ3) is 3.84. The van der Waals surface area contributed by atoms with Crippen molar-refractivity contribution in [1.82, 2.24) is 0 Å². The number of hydrogen-bond acceptors (Lipinski definition) is 2. The van der Waals surface area contributed by atoms with Crippen molar-refractivity contribution >= 4 is 43.2 Å². The largest absolute Gasteiger partial charge is 0.416 e. The Morgan fingerprint density at radius 1 is 1.20 bits per heavy atom. The smallest absolute Gasteiger partial charge is 0.388 e. The molecule has 1 atom stereocenters. The Morgan fingerprint density at radius 2 is 1.90 bits per heavy atom. The van der Waals surface area contributed by atoms with Gasteiger partial charge < -0.3 is 5.11 Å². The minimum Gasteiger partial charge on any atom is -0.388 e. The number of hydrogen-bond donors (Lipinski definition) is 1. The highest BCUT2D eigenvalue weighted by Gasteiger charge is 2.31. The van der Waals surface area contributed by atoms with Crippen LogP contribution in [0.15, 0.2) is 38.6 Å². The highest BCUT2D eigenvalue weighted by molar-refractivity contribution is 9.10. The molecule has 0 radical (unpaired) electrons. The summed E-state index contributed by atoms with van der Waals surface area (Å²) in [6, 6.07) is 5.13. The van der Waals surface area contributed by atoms with E-state index in [1.54, 1.807) is 0 Å². The van der Waals surface area contributed by atoms with Gasteiger partial charge in [0, 0.05) is 25.6 Å². The number of aliphatic hydroxyl groups excluding tert-OH is 1. The zero-order valence-electron chi connectivity index (χ0n) is 9.92. The van der Waals surface area contributed by atoms with E-state index in [0.717, 1.165) is 21.5 Å². The summed E-state index contributed by atoms with van der Waals surface area (Å²) in [4.78, 5) is 0.897. The van der Waals surface area contributed by atoms with Crippen molar-refractivity contribution in [2.24, 2.45) is 0 Å². The lowest BCUT2D eigenvalue weighted by Gasteiger charge is -2.15. The van der Waals surface area contributed by atoms with Crippen molar-refractivity contribution in [3.05, 3.63) is 54.6 Å². The van der Waals surface area contributed by atoms with E-state index in [1.807, 2.05) is 11.4 Å². The van der Waals surface area contributed by atoms with Crippen LogP contribution in [0.4, 0.5) is 13.2 Å². The van der Waals surface area contributed by atoms with E-state index >= 15 is 0 Å². The second-order valence-corrected chi connectivity index (χ2v) is 6.95. The monoisotopic (exact) mass is 428 g/mol. The van der Waals surface area contributed by atoms with Crippen LogP contribution >= 0.6 is 43.2 Å². The van der Waals surface area contributed by atoms with Gasteiger partial charge in [-0.3, -0.25) is 0 Å². The summed E-state index contributed by atoms with van der Waals surface area (Å²) in [6.45, 7) is 0. The average molecular weight is 430 g/mol. The Labute approximate surface area is 134 Å². The number of rotatable bonds is 3. The molecule has 0 bridgehead atoms. The first kappa shape index (κ1) is 16.0. The predicted octanol–water partition coefficient (Wildman–Crippen LogP) is 5.57. The minimum absolute atomic E-state index is 0.240. The standard InChI is InChI=1S/C13H9Br2F3OS/c14-8-4-9(20-6-8)5-12(19)10-3-7(13(16,17)18)1-2-11(10)15/h1-4,6,12,19H,5H2. The van der Waals surface area contributed by atoms with Gasteiger partial charge in [0.25, 0.3) is 0 Å². The summed E-state index contributed by atoms with van der Waals surface area (Å²) in [5.74, 6) is 0. The van der Waals surface area contributed by atoms with E-state index in [-0.39, 0.29) is 12.0 Å². The maximum atomic E-state index is 12.7. The third-order valence-corrected chi connectivity index (χ3v) is 5.14. The molecule has 20 heavy (non-hydrogen) atoms. The van der Waals surface area contributed by atoms with E-state index in [4.69, 9.17) is 0 Å². The third-order valence-electron chi connectivity index (χ3n) is 2.70. The normalized spacial score (nSPS) is 13.5. The fraction of sp³-hybridized carbons (Fsp3) is 0.231. The maximum Gasteiger partial charge on any atom is 0.416 e. The number of thiophene rings is 1. The van der Waals surface area contributed by atoms with Gasteiger partial charge in [0.2, 0.25) is 0 Å². The minimum atomic E-state index is -4.42. The molecule has 1 nitrogen and oxygen atoms in total. The molecule has 0 saturated carbocycles. The van der Waals surface area contributed by atoms with Gasteiger partial charge in [-0.15, -0.1) is 11.3 Å². The van der Waals surface area contributed by atoms with Crippen molar-refractivity contribution in [3.63, 3.8) is 0 Å². The molecule has 7 heteroatoms. The van der Waals surface area contributed by atoms with Crippen LogP contribution in [-0.4, -0.2) is 5.11 Å². The zero-order chi connectivity index (χ0) is 14.9. The first-order valence-corrected chi connectivity index (χ1v) is 8.01. The molecule has 1 N–H and O–H groups in total. The van der Waals surface area contributed by atoms with Crippen molar-refractivity contribution < 1.29 is 18.3 Å². The van der Waals surface area contributed by atoms with Crippen molar-refractivity contribution in [2.75, 3.05) is 0 Å². The molecule has 2 aromatic rings. The summed E-state index contributed by atoms with van der Waals surface area (Å²) >= 11 is 7.93. The lowest BCUT2D eigenvalue weighted by Crippen LogP contribution is -2.08. The first-order chi connectivity index (χ1) is 9.27. The van der Waals surface area contributed by atoms with Crippen LogP contribution in [0, 0.1) is 0 Å². The topological polar surface area (TPSA) is 20.2 Å². The fourth-order valence-corrected chi connectivity index (χ4v) is 3.74. The predicted molar refractivity (Wildman–Crippen MR) is 79.8 cm³/mol. The van der Waals surface area contributed by atoms with Crippen LogP contribution in [0.1, 0.15) is 22.1 Å². The summed E-state index contributed by atoms with van der Waals surface area (Å²) < 4.78 is 39.4. The Hall–Kier alpha value is -0.370. The Morgan fingerprint density at radius 3 is 2.45 bits per heavy atom. The Balaban J connectivity index is 2.27. The van der Waals surface area contributed by atoms with Crippen molar-refractivity contribution in [2.45, 2.75) is 18.7 Å². The van der Waals surface area contributed by atoms with Gasteiger partial charge in [-0.25, -0.2) is 0 Å². The van der Waals surface area contributed by atoms with E-state index in [9.17, 15) is 18.3 Å². The van der Waals surface area contributed by atoms with Crippen LogP contribution in [0.2, 0.25) is 0 Å². The number of halogens is 5. The Bertz CT molecular complexity index is 610. The van der Waals surface area contributed by atoms with Gasteiger partial charge in [-0.1, -0.05) is 15.9 Å². The van der Waals surface area contributed by atoms with Gasteiger partial charge >= 0.3 is 6.18 Å². The van der Waals surface area contributed by atoms with Gasteiger partial charge in [0.05, 0.1) is 11.7 Å². The lowest BCUT2D eigenvalue weighted by molar-refractivity contribution is -0.137. The molecule has 0 aliphatic carbocycles. The molecule has 0 amide bonds. The van der Waals surface area contributed by atoms with Crippen LogP contribution in [0.3, 0.4) is 0 Å².